The third-order valence-corrected chi connectivity index (χ3v) is 6.73. The van der Waals surface area contributed by atoms with Crippen molar-refractivity contribution in [2.45, 2.75) is 70.5 Å². The summed E-state index contributed by atoms with van der Waals surface area (Å²) in [6.45, 7) is 4.46. The zero-order chi connectivity index (χ0) is 15.4. The average molecular weight is 315 g/mol. The number of allylic oxidation sites excluding steroid dienone is 2. The number of aryl methyl sites for hydroxylation is 1. The molecule has 0 spiro atoms. The van der Waals surface area contributed by atoms with Gasteiger partial charge in [0.2, 0.25) is 0 Å². The first-order valence-electron chi connectivity index (χ1n) is 9.21. The number of hydrogen-bond acceptors (Lipinski definition) is 1. The molecule has 1 aliphatic carbocycles. The van der Waals surface area contributed by atoms with Crippen molar-refractivity contribution in [3.8, 4) is 0 Å². The molecular formula is C21H30S. The molecule has 1 saturated carbocycles. The number of unbranched alkanes of at least 4 members (excludes halogenated alkanes) is 5. The molecule has 0 bridgehead atoms. The molecule has 1 heteroatoms. The number of rotatable bonds is 9. The summed E-state index contributed by atoms with van der Waals surface area (Å²) in [7, 11) is 0. The SMILES string of the molecule is CCCCCCCCC1C2C=C(Cc3ccc(C)cc3)SC21. The molecule has 1 aliphatic heterocycles. The van der Waals surface area contributed by atoms with Crippen molar-refractivity contribution in [2.75, 3.05) is 0 Å². The third-order valence-electron chi connectivity index (χ3n) is 5.21. The Kier molecular flexibility index (Phi) is 5.68. The van der Waals surface area contributed by atoms with E-state index in [1.165, 1.54) is 56.1 Å². The zero-order valence-corrected chi connectivity index (χ0v) is 15.0. The van der Waals surface area contributed by atoms with Crippen LogP contribution >= 0.6 is 11.8 Å². The van der Waals surface area contributed by atoms with Crippen LogP contribution in [0.4, 0.5) is 0 Å². The highest BCUT2D eigenvalue weighted by molar-refractivity contribution is 8.04. The Morgan fingerprint density at radius 2 is 1.68 bits per heavy atom. The van der Waals surface area contributed by atoms with E-state index in [2.05, 4.69) is 56.0 Å². The van der Waals surface area contributed by atoms with Gasteiger partial charge in [-0.25, -0.2) is 0 Å². The second-order valence-electron chi connectivity index (χ2n) is 7.18. The van der Waals surface area contributed by atoms with E-state index in [1.54, 1.807) is 4.91 Å². The fourth-order valence-electron chi connectivity index (χ4n) is 3.71. The van der Waals surface area contributed by atoms with E-state index < -0.39 is 0 Å². The lowest BCUT2D eigenvalue weighted by Crippen LogP contribution is -1.91. The zero-order valence-electron chi connectivity index (χ0n) is 14.2. The number of fused-ring (bicyclic) bond motifs is 1. The maximum absolute atomic E-state index is 2.59. The summed E-state index contributed by atoms with van der Waals surface area (Å²) in [4.78, 5) is 1.62. The number of hydrogen-bond donors (Lipinski definition) is 0. The summed E-state index contributed by atoms with van der Waals surface area (Å²) in [5.74, 6) is 1.93. The Morgan fingerprint density at radius 3 is 2.36 bits per heavy atom. The van der Waals surface area contributed by atoms with Gasteiger partial charge in [-0.3, -0.25) is 0 Å². The molecule has 2 aliphatic rings. The minimum Gasteiger partial charge on any atom is -0.126 e. The van der Waals surface area contributed by atoms with Crippen LogP contribution in [0.5, 0.6) is 0 Å². The van der Waals surface area contributed by atoms with Crippen LogP contribution in [0.15, 0.2) is 35.2 Å². The molecule has 3 rings (SSSR count). The van der Waals surface area contributed by atoms with E-state index in [0.29, 0.717) is 0 Å². The predicted octanol–water partition coefficient (Wildman–Crippen LogP) is 6.53. The lowest BCUT2D eigenvalue weighted by Gasteiger charge is -2.07. The number of benzene rings is 1. The molecule has 1 fully saturated rings. The van der Waals surface area contributed by atoms with Gasteiger partial charge in [-0.15, -0.1) is 11.8 Å². The highest BCUT2D eigenvalue weighted by Crippen LogP contribution is 2.60. The lowest BCUT2D eigenvalue weighted by atomic mass is 10.1. The molecule has 1 aromatic carbocycles. The molecule has 1 aromatic rings. The predicted molar refractivity (Wildman–Crippen MR) is 99.3 cm³/mol. The fraction of sp³-hybridized carbons (Fsp3) is 0.619. The van der Waals surface area contributed by atoms with Crippen molar-refractivity contribution in [1.82, 2.24) is 0 Å². The topological polar surface area (TPSA) is 0 Å². The van der Waals surface area contributed by atoms with E-state index >= 15 is 0 Å². The summed E-state index contributed by atoms with van der Waals surface area (Å²) in [6.07, 6.45) is 13.8. The lowest BCUT2D eigenvalue weighted by molar-refractivity contribution is 0.560. The van der Waals surface area contributed by atoms with Crippen molar-refractivity contribution >= 4 is 11.8 Å². The fourth-order valence-corrected chi connectivity index (χ4v) is 5.38. The molecule has 0 aromatic heterocycles. The van der Waals surface area contributed by atoms with Crippen LogP contribution in [0.3, 0.4) is 0 Å². The van der Waals surface area contributed by atoms with Gasteiger partial charge in [-0.2, -0.15) is 0 Å². The summed E-state index contributed by atoms with van der Waals surface area (Å²) < 4.78 is 0. The summed E-state index contributed by atoms with van der Waals surface area (Å²) >= 11 is 2.18. The molecule has 0 saturated heterocycles. The molecule has 0 radical (unpaired) electrons. The molecule has 0 N–H and O–H groups in total. The van der Waals surface area contributed by atoms with E-state index in [0.717, 1.165) is 23.5 Å². The second kappa shape index (κ2) is 7.73. The van der Waals surface area contributed by atoms with Crippen molar-refractivity contribution in [1.29, 1.82) is 0 Å². The molecule has 120 valence electrons. The van der Waals surface area contributed by atoms with Crippen LogP contribution in [0, 0.1) is 18.8 Å². The third kappa shape index (κ3) is 4.19. The van der Waals surface area contributed by atoms with Crippen LogP contribution in [0.1, 0.15) is 63.0 Å². The van der Waals surface area contributed by atoms with Gasteiger partial charge in [-0.05, 0) is 35.6 Å². The molecule has 0 amide bonds. The van der Waals surface area contributed by atoms with E-state index in [-0.39, 0.29) is 0 Å². The molecule has 22 heavy (non-hydrogen) atoms. The van der Waals surface area contributed by atoms with Crippen molar-refractivity contribution < 1.29 is 0 Å². The summed E-state index contributed by atoms with van der Waals surface area (Å²) in [6, 6.07) is 9.04. The molecule has 0 nitrogen and oxygen atoms in total. The Bertz CT molecular complexity index is 499. The van der Waals surface area contributed by atoms with Crippen LogP contribution in [-0.2, 0) is 6.42 Å². The van der Waals surface area contributed by atoms with Crippen molar-refractivity contribution in [3.63, 3.8) is 0 Å². The molecule has 3 unspecified atom stereocenters. The molecule has 1 heterocycles. The Balaban J connectivity index is 1.35. The van der Waals surface area contributed by atoms with Crippen LogP contribution in [-0.4, -0.2) is 5.25 Å². The molecular weight excluding hydrogens is 284 g/mol. The van der Waals surface area contributed by atoms with Gasteiger partial charge in [-0.1, -0.05) is 81.4 Å². The second-order valence-corrected chi connectivity index (χ2v) is 8.48. The minimum atomic E-state index is 0.918. The highest BCUT2D eigenvalue weighted by Gasteiger charge is 2.52. The largest absolute Gasteiger partial charge is 0.126 e. The summed E-state index contributed by atoms with van der Waals surface area (Å²) in [5, 5.41) is 0.941. The van der Waals surface area contributed by atoms with Crippen molar-refractivity contribution in [2.24, 2.45) is 11.8 Å². The monoisotopic (exact) mass is 314 g/mol. The van der Waals surface area contributed by atoms with Crippen LogP contribution in [0.2, 0.25) is 0 Å². The van der Waals surface area contributed by atoms with Gasteiger partial charge in [0, 0.05) is 11.7 Å². The Morgan fingerprint density at radius 1 is 0.955 bits per heavy atom. The highest BCUT2D eigenvalue weighted by atomic mass is 32.2. The first-order chi connectivity index (χ1) is 10.8. The van der Waals surface area contributed by atoms with Gasteiger partial charge in [0.1, 0.15) is 0 Å². The molecule has 3 atom stereocenters. The minimum absolute atomic E-state index is 0.918. The number of thioether (sulfide) groups is 1. The van der Waals surface area contributed by atoms with Crippen LogP contribution < -0.4 is 0 Å². The Hall–Kier alpha value is -0.690. The summed E-state index contributed by atoms with van der Waals surface area (Å²) in [5.41, 5.74) is 2.83. The normalized spacial score (nSPS) is 25.9. The van der Waals surface area contributed by atoms with Crippen molar-refractivity contribution in [3.05, 3.63) is 46.4 Å². The maximum Gasteiger partial charge on any atom is 0.0192 e. The van der Waals surface area contributed by atoms with Gasteiger partial charge < -0.3 is 0 Å². The first kappa shape index (κ1) is 16.2. The standard InChI is InChI=1S/C21H30S/c1-3-4-5-6-7-8-9-19-20-15-18(22-21(19)20)14-17-12-10-16(2)11-13-17/h10-13,15,19-21H,3-9,14H2,1-2H3. The quantitative estimate of drug-likeness (QED) is 0.467. The smallest absolute Gasteiger partial charge is 0.0192 e. The van der Waals surface area contributed by atoms with Crippen LogP contribution in [0.25, 0.3) is 0 Å². The maximum atomic E-state index is 2.59. The van der Waals surface area contributed by atoms with E-state index in [1.807, 2.05) is 0 Å². The van der Waals surface area contributed by atoms with Gasteiger partial charge in [0.25, 0.3) is 0 Å². The average Bonchev–Trinajstić information content (AvgIpc) is 2.97. The van der Waals surface area contributed by atoms with E-state index in [9.17, 15) is 0 Å². The van der Waals surface area contributed by atoms with Gasteiger partial charge in [0.05, 0.1) is 0 Å². The Labute approximate surface area is 140 Å². The van der Waals surface area contributed by atoms with Gasteiger partial charge in [0.15, 0.2) is 0 Å². The van der Waals surface area contributed by atoms with Gasteiger partial charge >= 0.3 is 0 Å². The first-order valence-corrected chi connectivity index (χ1v) is 10.1. The van der Waals surface area contributed by atoms with E-state index in [4.69, 9.17) is 0 Å².